The van der Waals surface area contributed by atoms with Gasteiger partial charge in [-0.2, -0.15) is 0 Å². The molecule has 3 aromatic heterocycles. The van der Waals surface area contributed by atoms with Crippen molar-refractivity contribution in [2.24, 2.45) is 5.73 Å². The van der Waals surface area contributed by atoms with Crippen LogP contribution in [0.3, 0.4) is 0 Å². The van der Waals surface area contributed by atoms with Crippen molar-refractivity contribution in [3.05, 3.63) is 160 Å². The molecule has 6 N–H and O–H groups in total. The third-order valence-corrected chi connectivity index (χ3v) is 15.4. The van der Waals surface area contributed by atoms with Crippen molar-refractivity contribution in [1.29, 1.82) is 0 Å². The summed E-state index contributed by atoms with van der Waals surface area (Å²) in [5.74, 6) is 21.2. The second kappa shape index (κ2) is 26.0. The van der Waals surface area contributed by atoms with E-state index in [1.54, 1.807) is 32.4 Å². The van der Waals surface area contributed by atoms with E-state index in [1.165, 1.54) is 20.0 Å². The maximum absolute atomic E-state index is 13.2. The number of methoxy groups -OCH3 is 2. The van der Waals surface area contributed by atoms with Crippen LogP contribution in [0.5, 0.6) is 17.2 Å². The summed E-state index contributed by atoms with van der Waals surface area (Å²) in [5, 5.41) is 0. The van der Waals surface area contributed by atoms with E-state index in [2.05, 4.69) is 50.2 Å². The number of benzene rings is 3. The number of pyridine rings is 3. The van der Waals surface area contributed by atoms with Gasteiger partial charge < -0.3 is 25.0 Å². The third kappa shape index (κ3) is 17.7. The van der Waals surface area contributed by atoms with Crippen LogP contribution >= 0.6 is 22.5 Å². The Morgan fingerprint density at radius 1 is 0.533 bits per heavy atom. The summed E-state index contributed by atoms with van der Waals surface area (Å²) in [6, 6.07) is 32.4. The molecule has 0 radical (unpaired) electrons. The van der Waals surface area contributed by atoms with Gasteiger partial charge in [0.05, 0.1) is 14.2 Å². The van der Waals surface area contributed by atoms with Crippen LogP contribution in [0, 0.1) is 35.5 Å². The summed E-state index contributed by atoms with van der Waals surface area (Å²) in [4.78, 5) is 64.3. The zero-order valence-corrected chi connectivity index (χ0v) is 45.7. The van der Waals surface area contributed by atoms with E-state index in [-0.39, 0.29) is 16.3 Å². The molecular weight excluding hydrogens is 1010 g/mol. The molecule has 2 atom stereocenters. The van der Waals surface area contributed by atoms with Gasteiger partial charge in [-0.1, -0.05) is 23.7 Å². The first-order chi connectivity index (χ1) is 35.8. The van der Waals surface area contributed by atoms with Crippen molar-refractivity contribution < 1.29 is 42.9 Å². The first-order valence-electron chi connectivity index (χ1n) is 24.4. The van der Waals surface area contributed by atoms with Crippen LogP contribution in [0.15, 0.2) is 109 Å². The Bertz CT molecular complexity index is 3070. The molecule has 2 unspecified atom stereocenters. The second-order valence-electron chi connectivity index (χ2n) is 18.5. The monoisotopic (exact) mass is 1070 g/mol. The minimum atomic E-state index is -3.89. The van der Waals surface area contributed by atoms with Crippen LogP contribution in [0.2, 0.25) is 0 Å². The summed E-state index contributed by atoms with van der Waals surface area (Å²) in [7, 11) is -8.29. The first kappa shape index (κ1) is 56.5. The number of nitrogens with two attached hydrogens (primary N) is 1. The molecular formula is C56H64N7O9P3. The normalized spacial score (nSPS) is 15.4. The Kier molecular flexibility index (Phi) is 19.6. The Morgan fingerprint density at radius 2 is 0.867 bits per heavy atom. The topological polar surface area (TPSA) is 217 Å². The minimum Gasteiger partial charge on any atom is -0.340 e. The van der Waals surface area contributed by atoms with Gasteiger partial charge in [-0.3, -0.25) is 9.13 Å². The summed E-state index contributed by atoms with van der Waals surface area (Å²) >= 11 is 0. The van der Waals surface area contributed by atoms with Crippen LogP contribution in [0.4, 0.5) is 0 Å². The van der Waals surface area contributed by atoms with Gasteiger partial charge in [-0.15, -0.1) is 0 Å². The van der Waals surface area contributed by atoms with Gasteiger partial charge in [0.25, 0.3) is 0 Å². The molecule has 75 heavy (non-hydrogen) atoms. The Morgan fingerprint density at radius 3 is 1.20 bits per heavy atom. The van der Waals surface area contributed by atoms with E-state index in [9.17, 15) is 28.7 Å². The smallest absolute Gasteiger partial charge is 0.340 e. The van der Waals surface area contributed by atoms with Crippen LogP contribution in [0.25, 0.3) is 0 Å². The van der Waals surface area contributed by atoms with Gasteiger partial charge in [0, 0.05) is 24.5 Å². The van der Waals surface area contributed by atoms with Gasteiger partial charge in [-0.25, -0.2) is 0 Å². The van der Waals surface area contributed by atoms with Crippen molar-refractivity contribution in [1.82, 2.24) is 29.7 Å². The van der Waals surface area contributed by atoms with Crippen molar-refractivity contribution in [3.63, 3.8) is 0 Å². The van der Waals surface area contributed by atoms with Crippen LogP contribution in [-0.2, 0) is 28.8 Å². The standard InChI is InChI=1S/C56H64N7O9P3/c1-70-51-19-13-42(14-20-51)7-10-45-33-48(58-54(36-45)73(3,64)65)39-61-26-27-62(40-49-34-46(37-55(59-49)74(4,66)67)11-8-43-15-21-52(71-2)22-16-43)29-31-63(30-28-61)41-50-35-47(38-56(60-50)75(5,68)69)12-9-44-17-23-53(24-18-44)72-32-6-25-57/h13-24,33-38,68-69,75H,6,25-32,39-41,57H2,1-5H3,(H,64,65)(H,66,67). The molecule has 19 heteroatoms. The molecule has 16 nitrogen and oxygen atoms in total. The number of hydrogen-bond donors (Lipinski definition) is 5. The van der Waals surface area contributed by atoms with E-state index < -0.39 is 22.5 Å². The second-order valence-corrected chi connectivity index (χ2v) is 25.5. The fraction of sp³-hybridized carbons (Fsp3) is 0.304. The maximum atomic E-state index is 13.2. The molecule has 6 aromatic rings. The molecule has 392 valence electrons. The fourth-order valence-corrected chi connectivity index (χ4v) is 10.1. The van der Waals surface area contributed by atoms with E-state index in [4.69, 9.17) is 34.9 Å². The number of ether oxygens (including phenoxy) is 3. The summed E-state index contributed by atoms with van der Waals surface area (Å²) in [5.41, 5.74) is 11.5. The number of rotatable bonds is 15. The van der Waals surface area contributed by atoms with Gasteiger partial charge in [0.15, 0.2) is 0 Å². The Balaban J connectivity index is 1.20. The molecule has 1 fully saturated rings. The summed E-state index contributed by atoms with van der Waals surface area (Å²) in [6.45, 7) is 9.32. The van der Waals surface area contributed by atoms with Gasteiger partial charge >= 0.3 is 252 Å². The molecule has 0 amide bonds. The van der Waals surface area contributed by atoms with Crippen molar-refractivity contribution in [2.75, 3.05) is 86.6 Å². The van der Waals surface area contributed by atoms with Gasteiger partial charge in [0.1, 0.15) is 11.5 Å². The predicted octanol–water partition coefficient (Wildman–Crippen LogP) is 4.51. The Hall–Kier alpha value is -6.24. The molecule has 0 bridgehead atoms. The molecule has 1 aliphatic rings. The minimum absolute atomic E-state index is 0.0537. The summed E-state index contributed by atoms with van der Waals surface area (Å²) < 4.78 is 42.6. The number of nitrogens with zero attached hydrogens (tertiary/aromatic N) is 6. The van der Waals surface area contributed by atoms with E-state index >= 15 is 0 Å². The quantitative estimate of drug-likeness (QED) is 0.0544. The van der Waals surface area contributed by atoms with E-state index in [1.807, 2.05) is 91.0 Å². The van der Waals surface area contributed by atoms with Crippen LogP contribution < -0.4 is 36.2 Å². The average molecular weight is 1070 g/mol. The zero-order chi connectivity index (χ0) is 53.6. The third-order valence-electron chi connectivity index (χ3n) is 12.0. The van der Waals surface area contributed by atoms with Crippen molar-refractivity contribution >= 4 is 38.8 Å². The fourth-order valence-electron chi connectivity index (χ4n) is 7.89. The molecule has 7 rings (SSSR count). The number of hydrogen-bond acceptors (Lipinski definition) is 14. The van der Waals surface area contributed by atoms with E-state index in [0.29, 0.717) is 123 Å². The van der Waals surface area contributed by atoms with Gasteiger partial charge in [-0.05, 0) is 67.2 Å². The van der Waals surface area contributed by atoms with E-state index in [0.717, 1.165) is 23.1 Å². The van der Waals surface area contributed by atoms with Crippen molar-refractivity contribution in [3.8, 4) is 52.8 Å². The molecule has 0 aliphatic carbocycles. The number of aromatic nitrogens is 3. The molecule has 4 heterocycles. The SMILES string of the molecule is COc1ccc(C#Cc2cc(CN3CCN(Cc4cc(C#Cc5ccc(OC)cc5)cc(P(C)(=O)O)n4)CCN(Cc4cc(C#Cc5ccc(OCCCN)cc5)cc([PH](C)(O)O)n4)CC3)nc(P(C)(=O)O)c2)cc1. The molecule has 3 aromatic carbocycles. The molecule has 1 aliphatic heterocycles. The predicted molar refractivity (Wildman–Crippen MR) is 297 cm³/mol. The van der Waals surface area contributed by atoms with Crippen LogP contribution in [0.1, 0.15) is 56.9 Å². The summed E-state index contributed by atoms with van der Waals surface area (Å²) in [6.07, 6.45) is 0.747. The molecule has 1 saturated heterocycles. The average Bonchev–Trinajstić information content (AvgIpc) is 3.47. The molecule has 0 saturated carbocycles. The first-order valence-corrected chi connectivity index (χ1v) is 31.0. The van der Waals surface area contributed by atoms with Gasteiger partial charge in [0.2, 0.25) is 14.7 Å². The Labute approximate surface area is 440 Å². The molecule has 0 spiro atoms. The van der Waals surface area contributed by atoms with Crippen molar-refractivity contribution in [2.45, 2.75) is 26.1 Å². The zero-order valence-electron chi connectivity index (χ0n) is 42.9. The van der Waals surface area contributed by atoms with Crippen LogP contribution in [-0.4, -0.2) is 136 Å².